The molecule has 6 heteroatoms. The van der Waals surface area contributed by atoms with Crippen LogP contribution in [0.3, 0.4) is 0 Å². The number of hydrogen-bond donors (Lipinski definition) is 0. The molecule has 0 radical (unpaired) electrons. The summed E-state index contributed by atoms with van der Waals surface area (Å²) in [5.74, 6) is 0.370. The van der Waals surface area contributed by atoms with Crippen LogP contribution >= 0.6 is 0 Å². The lowest BCUT2D eigenvalue weighted by Gasteiger charge is -2.49. The predicted molar refractivity (Wildman–Crippen MR) is 124 cm³/mol. The van der Waals surface area contributed by atoms with E-state index < -0.39 is 11.2 Å². The van der Waals surface area contributed by atoms with Crippen LogP contribution in [0.1, 0.15) is 88.5 Å². The first-order chi connectivity index (χ1) is 13.9. The van der Waals surface area contributed by atoms with Crippen molar-refractivity contribution < 1.29 is 19.1 Å². The van der Waals surface area contributed by atoms with E-state index >= 15 is 0 Å². The van der Waals surface area contributed by atoms with Gasteiger partial charge >= 0.3 is 12.1 Å². The molecule has 2 aliphatic rings. The first-order valence-corrected chi connectivity index (χ1v) is 11.9. The average molecular weight is 439 g/mol. The summed E-state index contributed by atoms with van der Waals surface area (Å²) < 4.78 is 11.4. The number of likely N-dealkylation sites (tertiary alicyclic amines) is 2. The molecule has 2 aliphatic heterocycles. The maximum atomic E-state index is 12.7. The van der Waals surface area contributed by atoms with E-state index in [4.69, 9.17) is 9.47 Å². The lowest BCUT2D eigenvalue weighted by Crippen LogP contribution is -2.60. The second kappa shape index (κ2) is 8.92. The molecule has 0 saturated carbocycles. The number of rotatable bonds is 6. The fraction of sp³-hybridized carbons (Fsp3) is 0.920. The van der Waals surface area contributed by atoms with Crippen LogP contribution in [0.5, 0.6) is 0 Å². The highest BCUT2D eigenvalue weighted by Crippen LogP contribution is 2.35. The number of carbonyl (C=O) groups is 2. The van der Waals surface area contributed by atoms with Gasteiger partial charge in [-0.05, 0) is 79.1 Å². The van der Waals surface area contributed by atoms with Crippen molar-refractivity contribution in [3.8, 4) is 0 Å². The zero-order valence-corrected chi connectivity index (χ0v) is 21.6. The van der Waals surface area contributed by atoms with Crippen LogP contribution in [0.2, 0.25) is 0 Å². The first-order valence-electron chi connectivity index (χ1n) is 11.9. The number of hydrogen-bond acceptors (Lipinski definition) is 5. The standard InChI is InChI=1S/C25H46N2O4/c1-22(2,3)19-11-14-26(17-19)21(29)31-25(9,10)13-12-24(7,8)27-15-18(16-27)20(28)30-23(4,5)6/h18-19H,11-17H2,1-10H3/t19-/m0/s1. The van der Waals surface area contributed by atoms with E-state index in [2.05, 4.69) is 39.5 Å². The Bertz CT molecular complexity index is 651. The Morgan fingerprint density at radius 2 is 1.42 bits per heavy atom. The third-order valence-electron chi connectivity index (χ3n) is 6.85. The molecule has 0 aromatic carbocycles. The molecule has 2 saturated heterocycles. The van der Waals surface area contributed by atoms with Crippen molar-refractivity contribution in [3.63, 3.8) is 0 Å². The topological polar surface area (TPSA) is 59.1 Å². The Balaban J connectivity index is 1.79. The van der Waals surface area contributed by atoms with E-state index in [1.54, 1.807) is 0 Å². The molecule has 1 amide bonds. The fourth-order valence-electron chi connectivity index (χ4n) is 4.26. The number of amides is 1. The second-order valence-electron chi connectivity index (χ2n) is 12.9. The molecule has 31 heavy (non-hydrogen) atoms. The van der Waals surface area contributed by atoms with Crippen molar-refractivity contribution in [2.24, 2.45) is 17.3 Å². The Morgan fingerprint density at radius 1 is 0.839 bits per heavy atom. The summed E-state index contributed by atoms with van der Waals surface area (Å²) in [5.41, 5.74) is -0.817. The highest BCUT2D eigenvalue weighted by atomic mass is 16.6. The van der Waals surface area contributed by atoms with E-state index in [1.807, 2.05) is 39.5 Å². The van der Waals surface area contributed by atoms with Crippen LogP contribution in [-0.2, 0) is 14.3 Å². The number of carbonyl (C=O) groups excluding carboxylic acids is 2. The van der Waals surface area contributed by atoms with Crippen LogP contribution in [0.15, 0.2) is 0 Å². The first kappa shape index (κ1) is 26.0. The van der Waals surface area contributed by atoms with Gasteiger partial charge in [-0.1, -0.05) is 20.8 Å². The van der Waals surface area contributed by atoms with Gasteiger partial charge in [0.2, 0.25) is 0 Å². The minimum absolute atomic E-state index is 0.0460. The highest BCUT2D eigenvalue weighted by Gasteiger charge is 2.43. The van der Waals surface area contributed by atoms with Gasteiger partial charge < -0.3 is 14.4 Å². The van der Waals surface area contributed by atoms with Crippen molar-refractivity contribution in [2.45, 2.75) is 105 Å². The normalized spacial score (nSPS) is 21.7. The Morgan fingerprint density at radius 3 is 1.90 bits per heavy atom. The van der Waals surface area contributed by atoms with Crippen molar-refractivity contribution in [1.29, 1.82) is 0 Å². The van der Waals surface area contributed by atoms with E-state index in [-0.39, 0.29) is 28.9 Å². The van der Waals surface area contributed by atoms with Gasteiger partial charge in [0.1, 0.15) is 11.2 Å². The molecular weight excluding hydrogens is 392 g/mol. The summed E-state index contributed by atoms with van der Waals surface area (Å²) in [6.45, 7) is 23.8. The lowest BCUT2D eigenvalue weighted by molar-refractivity contribution is -0.169. The van der Waals surface area contributed by atoms with Gasteiger partial charge in [0.15, 0.2) is 0 Å². The van der Waals surface area contributed by atoms with Crippen molar-refractivity contribution in [3.05, 3.63) is 0 Å². The number of nitrogens with zero attached hydrogens (tertiary/aromatic N) is 2. The van der Waals surface area contributed by atoms with Gasteiger partial charge in [0.25, 0.3) is 0 Å². The van der Waals surface area contributed by atoms with Gasteiger partial charge in [0, 0.05) is 31.7 Å². The van der Waals surface area contributed by atoms with Crippen LogP contribution in [-0.4, -0.2) is 64.8 Å². The predicted octanol–water partition coefficient (Wildman–Crippen LogP) is 5.10. The molecule has 0 aromatic rings. The fourth-order valence-corrected chi connectivity index (χ4v) is 4.26. The minimum atomic E-state index is -0.524. The Kier molecular flexibility index (Phi) is 7.46. The van der Waals surface area contributed by atoms with Crippen LogP contribution in [0, 0.1) is 17.3 Å². The Hall–Kier alpha value is -1.30. The highest BCUT2D eigenvalue weighted by molar-refractivity contribution is 5.74. The van der Waals surface area contributed by atoms with E-state index in [1.165, 1.54) is 0 Å². The monoisotopic (exact) mass is 438 g/mol. The SMILES string of the molecule is CC(C)(C)OC(=O)C1CN(C(C)(C)CCC(C)(C)OC(=O)N2CC[C@H](C(C)(C)C)C2)C1. The zero-order valence-electron chi connectivity index (χ0n) is 21.6. The minimum Gasteiger partial charge on any atom is -0.460 e. The van der Waals surface area contributed by atoms with Crippen molar-refractivity contribution >= 4 is 12.1 Å². The second-order valence-corrected chi connectivity index (χ2v) is 12.9. The largest absolute Gasteiger partial charge is 0.460 e. The van der Waals surface area contributed by atoms with Crippen molar-refractivity contribution in [1.82, 2.24) is 9.80 Å². The lowest BCUT2D eigenvalue weighted by atomic mass is 9.80. The third-order valence-corrected chi connectivity index (χ3v) is 6.85. The van der Waals surface area contributed by atoms with Crippen molar-refractivity contribution in [2.75, 3.05) is 26.2 Å². The van der Waals surface area contributed by atoms with Crippen LogP contribution in [0.4, 0.5) is 4.79 Å². The molecule has 1 atom stereocenters. The summed E-state index contributed by atoms with van der Waals surface area (Å²) >= 11 is 0. The van der Waals surface area contributed by atoms with Gasteiger partial charge in [-0.15, -0.1) is 0 Å². The maximum Gasteiger partial charge on any atom is 0.410 e. The van der Waals surface area contributed by atoms with Gasteiger partial charge in [0.05, 0.1) is 5.92 Å². The Labute approximate surface area is 190 Å². The molecule has 6 nitrogen and oxygen atoms in total. The average Bonchev–Trinajstić information content (AvgIpc) is 2.99. The summed E-state index contributed by atoms with van der Waals surface area (Å²) in [6, 6.07) is 0. The number of esters is 1. The maximum absolute atomic E-state index is 12.7. The zero-order chi connectivity index (χ0) is 23.8. The molecule has 2 fully saturated rings. The molecule has 0 N–H and O–H groups in total. The molecule has 180 valence electrons. The molecule has 0 aliphatic carbocycles. The molecule has 0 bridgehead atoms. The molecule has 0 spiro atoms. The summed E-state index contributed by atoms with van der Waals surface area (Å²) in [5, 5.41) is 0. The number of ether oxygens (including phenoxy) is 2. The molecule has 2 rings (SSSR count). The molecule has 2 heterocycles. The van der Waals surface area contributed by atoms with Gasteiger partial charge in [-0.3, -0.25) is 9.69 Å². The van der Waals surface area contributed by atoms with Crippen LogP contribution < -0.4 is 0 Å². The van der Waals surface area contributed by atoms with E-state index in [0.717, 1.165) is 45.4 Å². The summed E-state index contributed by atoms with van der Waals surface area (Å²) in [6.07, 6.45) is 2.51. The van der Waals surface area contributed by atoms with E-state index in [0.29, 0.717) is 5.92 Å². The van der Waals surface area contributed by atoms with Gasteiger partial charge in [-0.25, -0.2) is 4.79 Å². The van der Waals surface area contributed by atoms with Gasteiger partial charge in [-0.2, -0.15) is 0 Å². The molecule has 0 aromatic heterocycles. The third kappa shape index (κ3) is 7.37. The van der Waals surface area contributed by atoms with E-state index in [9.17, 15) is 9.59 Å². The smallest absolute Gasteiger partial charge is 0.410 e. The summed E-state index contributed by atoms with van der Waals surface area (Å²) in [7, 11) is 0. The quantitative estimate of drug-likeness (QED) is 0.540. The summed E-state index contributed by atoms with van der Waals surface area (Å²) in [4.78, 5) is 29.2. The van der Waals surface area contributed by atoms with Crippen LogP contribution in [0.25, 0.3) is 0 Å². The molecule has 0 unspecified atom stereocenters. The molecular formula is C25H46N2O4.